The van der Waals surface area contributed by atoms with Gasteiger partial charge in [0.1, 0.15) is 11.9 Å². The Kier molecular flexibility index (Phi) is 3.52. The molecule has 2 aliphatic carbocycles. The van der Waals surface area contributed by atoms with Gasteiger partial charge >= 0.3 is 0 Å². The lowest BCUT2D eigenvalue weighted by Crippen LogP contribution is -2.51. The van der Waals surface area contributed by atoms with Crippen LogP contribution in [0, 0.1) is 16.7 Å². The molecule has 20 heavy (non-hydrogen) atoms. The second-order valence-corrected chi connectivity index (χ2v) is 6.40. The third-order valence-electron chi connectivity index (χ3n) is 5.35. The fourth-order valence-corrected chi connectivity index (χ4v) is 4.32. The highest BCUT2D eigenvalue weighted by atomic mass is 16.2. The first-order chi connectivity index (χ1) is 9.65. The molecule has 3 unspecified atom stereocenters. The van der Waals surface area contributed by atoms with E-state index in [2.05, 4.69) is 4.90 Å². The Morgan fingerprint density at radius 2 is 1.85 bits per heavy atom. The molecule has 0 aromatic heterocycles. The number of fused-ring (bicyclic) bond motifs is 1. The third kappa shape index (κ3) is 1.95. The molecule has 2 N–H and O–H groups in total. The van der Waals surface area contributed by atoms with Gasteiger partial charge in [0.25, 0.3) is 0 Å². The maximum atomic E-state index is 12.6. The van der Waals surface area contributed by atoms with Crippen LogP contribution in [-0.4, -0.2) is 52.9 Å². The van der Waals surface area contributed by atoms with Gasteiger partial charge in [-0.15, -0.1) is 0 Å². The maximum Gasteiger partial charge on any atom is 0.228 e. The quantitative estimate of drug-likeness (QED) is 0.756. The van der Waals surface area contributed by atoms with E-state index in [1.54, 1.807) is 11.9 Å². The highest BCUT2D eigenvalue weighted by Gasteiger charge is 2.47. The fraction of sp³-hybridized carbons (Fsp3) is 0.800. The number of amides is 1. The fourth-order valence-electron chi connectivity index (χ4n) is 4.32. The molecule has 0 aromatic rings. The molecular formula is C15H24N4O. The summed E-state index contributed by atoms with van der Waals surface area (Å²) >= 11 is 0. The van der Waals surface area contributed by atoms with E-state index >= 15 is 0 Å². The van der Waals surface area contributed by atoms with Crippen LogP contribution in [0.4, 0.5) is 0 Å². The summed E-state index contributed by atoms with van der Waals surface area (Å²) < 4.78 is 0. The Balaban J connectivity index is 1.98. The zero-order chi connectivity index (χ0) is 14.3. The summed E-state index contributed by atoms with van der Waals surface area (Å²) in [4.78, 5) is 16.4. The molecule has 0 aromatic carbocycles. The number of rotatable bonds is 2. The number of nitrogens with one attached hydrogen (secondary N) is 2. The number of carbonyl (C=O) groups is 1. The zero-order valence-corrected chi connectivity index (χ0v) is 12.1. The Bertz CT molecular complexity index is 430. The Morgan fingerprint density at radius 1 is 1.15 bits per heavy atom. The van der Waals surface area contributed by atoms with Crippen molar-refractivity contribution in [2.75, 3.05) is 7.05 Å². The van der Waals surface area contributed by atoms with Crippen LogP contribution in [0.1, 0.15) is 44.9 Å². The van der Waals surface area contributed by atoms with Crippen LogP contribution in [0.3, 0.4) is 0 Å². The molecule has 1 amide bonds. The van der Waals surface area contributed by atoms with Gasteiger partial charge in [-0.2, -0.15) is 0 Å². The van der Waals surface area contributed by atoms with Gasteiger partial charge in [0.15, 0.2) is 0 Å². The monoisotopic (exact) mass is 276 g/mol. The lowest BCUT2D eigenvalue weighted by atomic mass is 9.99. The summed E-state index contributed by atoms with van der Waals surface area (Å²) in [6.07, 6.45) is 9.02. The summed E-state index contributed by atoms with van der Waals surface area (Å²) in [6.45, 7) is 0. The van der Waals surface area contributed by atoms with Gasteiger partial charge in [-0.3, -0.25) is 10.2 Å². The van der Waals surface area contributed by atoms with E-state index in [4.69, 9.17) is 10.8 Å². The minimum atomic E-state index is -0.478. The number of nitrogens with zero attached hydrogens (tertiary/aromatic N) is 2. The second-order valence-electron chi connectivity index (χ2n) is 6.40. The van der Waals surface area contributed by atoms with Crippen LogP contribution in [0.15, 0.2) is 0 Å². The van der Waals surface area contributed by atoms with Gasteiger partial charge in [0.05, 0.1) is 5.92 Å². The zero-order valence-electron chi connectivity index (χ0n) is 12.1. The molecule has 1 saturated heterocycles. The molecule has 0 radical (unpaired) electrons. The van der Waals surface area contributed by atoms with E-state index in [-0.39, 0.29) is 17.9 Å². The standard InChI is InChI=1S/C15H24N4O/c1-18-13(9-16)14(17)19(10-5-2-3-6-10)12-8-4-7-11(12)15(18)20/h9-13,16-17H,2-8H2,1H3. The average molecular weight is 276 g/mol. The molecule has 3 rings (SSSR count). The van der Waals surface area contributed by atoms with E-state index in [0.29, 0.717) is 11.9 Å². The van der Waals surface area contributed by atoms with Crippen molar-refractivity contribution in [1.29, 1.82) is 10.8 Å². The summed E-state index contributed by atoms with van der Waals surface area (Å²) in [5.74, 6) is 0.634. The van der Waals surface area contributed by atoms with Crippen molar-refractivity contribution in [2.24, 2.45) is 5.92 Å². The van der Waals surface area contributed by atoms with Gasteiger partial charge in [-0.1, -0.05) is 19.3 Å². The molecule has 3 atom stereocenters. The lowest BCUT2D eigenvalue weighted by molar-refractivity contribution is -0.134. The second kappa shape index (κ2) is 5.19. The first kappa shape index (κ1) is 13.6. The summed E-state index contributed by atoms with van der Waals surface area (Å²) in [6, 6.07) is 0.133. The number of amidine groups is 1. The molecule has 0 bridgehead atoms. The summed E-state index contributed by atoms with van der Waals surface area (Å²) in [5.41, 5.74) is 0. The normalized spacial score (nSPS) is 35.4. The topological polar surface area (TPSA) is 71.2 Å². The average Bonchev–Trinajstić information content (AvgIpc) is 3.09. The molecule has 1 heterocycles. The van der Waals surface area contributed by atoms with Crippen molar-refractivity contribution in [3.63, 3.8) is 0 Å². The molecule has 110 valence electrons. The first-order valence-electron chi connectivity index (χ1n) is 7.79. The van der Waals surface area contributed by atoms with E-state index in [9.17, 15) is 4.79 Å². The predicted octanol–water partition coefficient (Wildman–Crippen LogP) is 1.87. The van der Waals surface area contributed by atoms with E-state index in [1.807, 2.05) is 0 Å². The minimum absolute atomic E-state index is 0.0332. The molecule has 5 nitrogen and oxygen atoms in total. The van der Waals surface area contributed by atoms with Crippen LogP contribution in [-0.2, 0) is 4.79 Å². The van der Waals surface area contributed by atoms with Crippen LogP contribution in [0.2, 0.25) is 0 Å². The minimum Gasteiger partial charge on any atom is -0.352 e. The molecule has 2 saturated carbocycles. The number of likely N-dealkylation sites (N-methyl/N-ethyl adjacent to an activating group) is 1. The van der Waals surface area contributed by atoms with E-state index < -0.39 is 6.04 Å². The van der Waals surface area contributed by atoms with E-state index in [0.717, 1.165) is 32.1 Å². The van der Waals surface area contributed by atoms with Crippen molar-refractivity contribution >= 4 is 18.0 Å². The highest BCUT2D eigenvalue weighted by molar-refractivity contribution is 6.03. The van der Waals surface area contributed by atoms with Gasteiger partial charge in [-0.05, 0) is 25.7 Å². The maximum absolute atomic E-state index is 12.6. The van der Waals surface area contributed by atoms with Crippen LogP contribution >= 0.6 is 0 Å². The highest BCUT2D eigenvalue weighted by Crippen LogP contribution is 2.38. The Hall–Kier alpha value is -1.39. The number of hydrogen-bond donors (Lipinski definition) is 2. The molecular weight excluding hydrogens is 252 g/mol. The number of carbonyl (C=O) groups excluding carboxylic acids is 1. The molecule has 5 heteroatoms. The van der Waals surface area contributed by atoms with Crippen molar-refractivity contribution in [2.45, 2.75) is 63.1 Å². The Morgan fingerprint density at radius 3 is 2.50 bits per heavy atom. The van der Waals surface area contributed by atoms with Crippen LogP contribution < -0.4 is 0 Å². The van der Waals surface area contributed by atoms with Gasteiger partial charge in [-0.25, -0.2) is 0 Å². The predicted molar refractivity (Wildman–Crippen MR) is 78.3 cm³/mol. The smallest absolute Gasteiger partial charge is 0.228 e. The van der Waals surface area contributed by atoms with Crippen molar-refractivity contribution in [3.8, 4) is 0 Å². The molecule has 3 fully saturated rings. The van der Waals surface area contributed by atoms with Crippen molar-refractivity contribution in [3.05, 3.63) is 0 Å². The SMILES string of the molecule is CN1C(=O)C2CCCC2N(C2CCCC2)C(=N)C1C=N. The van der Waals surface area contributed by atoms with Crippen LogP contribution in [0.25, 0.3) is 0 Å². The summed E-state index contributed by atoms with van der Waals surface area (Å²) in [7, 11) is 1.75. The summed E-state index contributed by atoms with van der Waals surface area (Å²) in [5, 5.41) is 16.2. The van der Waals surface area contributed by atoms with Gasteiger partial charge < -0.3 is 15.2 Å². The van der Waals surface area contributed by atoms with E-state index in [1.165, 1.54) is 19.1 Å². The first-order valence-corrected chi connectivity index (χ1v) is 7.79. The van der Waals surface area contributed by atoms with Gasteiger partial charge in [0.2, 0.25) is 5.91 Å². The molecule has 1 aliphatic heterocycles. The molecule has 3 aliphatic rings. The number of hydrogen-bond acceptors (Lipinski definition) is 3. The molecule has 0 spiro atoms. The lowest BCUT2D eigenvalue weighted by Gasteiger charge is -2.38. The largest absolute Gasteiger partial charge is 0.352 e. The Labute approximate surface area is 120 Å². The van der Waals surface area contributed by atoms with Gasteiger partial charge in [0, 0.05) is 25.3 Å². The van der Waals surface area contributed by atoms with Crippen LogP contribution in [0.5, 0.6) is 0 Å². The van der Waals surface area contributed by atoms with Crippen molar-refractivity contribution < 1.29 is 4.79 Å². The third-order valence-corrected chi connectivity index (χ3v) is 5.35. The van der Waals surface area contributed by atoms with Crippen molar-refractivity contribution in [1.82, 2.24) is 9.80 Å².